The van der Waals surface area contributed by atoms with Crippen LogP contribution < -0.4 is 10.6 Å². The van der Waals surface area contributed by atoms with Crippen LogP contribution in [0.3, 0.4) is 0 Å². The second-order valence-corrected chi connectivity index (χ2v) is 10.1. The smallest absolute Gasteiger partial charge is 0.246 e. The summed E-state index contributed by atoms with van der Waals surface area (Å²) >= 11 is 0. The summed E-state index contributed by atoms with van der Waals surface area (Å²) in [5, 5.41) is 20.6. The van der Waals surface area contributed by atoms with Gasteiger partial charge in [0.1, 0.15) is 0 Å². The first-order valence-corrected chi connectivity index (χ1v) is 14.8. The Hall–Kier alpha value is -2.75. The van der Waals surface area contributed by atoms with Crippen LogP contribution in [0.2, 0.25) is 0 Å². The molecule has 0 radical (unpaired) electrons. The van der Waals surface area contributed by atoms with Crippen LogP contribution in [0.1, 0.15) is 74.1 Å². The lowest BCUT2D eigenvalue weighted by molar-refractivity contribution is -0.132. The fraction of sp³-hybridized carbons (Fsp3) is 0.656. The molecule has 3 amide bonds. The van der Waals surface area contributed by atoms with Crippen molar-refractivity contribution in [2.45, 2.75) is 86.2 Å². The molecular formula is C32H60N4O5. The van der Waals surface area contributed by atoms with Gasteiger partial charge in [0.25, 0.3) is 0 Å². The summed E-state index contributed by atoms with van der Waals surface area (Å²) in [7, 11) is 2.63. The van der Waals surface area contributed by atoms with Gasteiger partial charge in [0.15, 0.2) is 0 Å². The van der Waals surface area contributed by atoms with Gasteiger partial charge in [0, 0.05) is 32.3 Å². The minimum absolute atomic E-state index is 0.0766. The Morgan fingerprint density at radius 1 is 0.951 bits per heavy atom. The van der Waals surface area contributed by atoms with E-state index in [9.17, 15) is 14.4 Å². The molecule has 238 valence electrons. The summed E-state index contributed by atoms with van der Waals surface area (Å²) in [5.41, 5.74) is 0.477. The zero-order chi connectivity index (χ0) is 32.1. The second-order valence-electron chi connectivity index (χ2n) is 10.1. The normalized spacial score (nSPS) is 13.3. The number of aliphatic hydroxyl groups excluding tert-OH is 2. The van der Waals surface area contributed by atoms with Crippen molar-refractivity contribution in [1.29, 1.82) is 0 Å². The molecule has 2 rings (SSSR count). The van der Waals surface area contributed by atoms with E-state index in [0.717, 1.165) is 13.2 Å². The first-order valence-electron chi connectivity index (χ1n) is 14.8. The van der Waals surface area contributed by atoms with Gasteiger partial charge < -0.3 is 30.6 Å². The van der Waals surface area contributed by atoms with Crippen molar-refractivity contribution in [2.75, 3.05) is 46.9 Å². The largest absolute Gasteiger partial charge is 0.400 e. The second kappa shape index (κ2) is 30.2. The number of nitrogens with one attached hydrogen (secondary N) is 2. The minimum atomic E-state index is -0.276. The molecule has 0 saturated carbocycles. The highest BCUT2D eigenvalue weighted by Crippen LogP contribution is 2.13. The highest BCUT2D eigenvalue weighted by Gasteiger charge is 2.22. The Morgan fingerprint density at radius 3 is 1.76 bits per heavy atom. The molecule has 1 aromatic rings. The number of rotatable bonds is 10. The molecule has 1 aromatic carbocycles. The summed E-state index contributed by atoms with van der Waals surface area (Å²) in [6, 6.07) is 12.5. The first-order chi connectivity index (χ1) is 19.6. The Kier molecular flexibility index (Phi) is 31.5. The van der Waals surface area contributed by atoms with Gasteiger partial charge in [-0.3, -0.25) is 14.4 Å². The van der Waals surface area contributed by atoms with Crippen molar-refractivity contribution in [1.82, 2.24) is 20.4 Å². The number of carbonyl (C=O) groups is 3. The lowest BCUT2D eigenvalue weighted by atomic mass is 10.00. The molecule has 0 spiro atoms. The van der Waals surface area contributed by atoms with Crippen molar-refractivity contribution < 1.29 is 24.6 Å². The van der Waals surface area contributed by atoms with E-state index in [0.29, 0.717) is 12.0 Å². The summed E-state index contributed by atoms with van der Waals surface area (Å²) < 4.78 is 0. The van der Waals surface area contributed by atoms with Crippen molar-refractivity contribution in [3.63, 3.8) is 0 Å². The van der Waals surface area contributed by atoms with E-state index in [1.807, 2.05) is 50.2 Å². The van der Waals surface area contributed by atoms with Crippen LogP contribution in [-0.4, -0.2) is 97.3 Å². The molecule has 0 aliphatic carbocycles. The van der Waals surface area contributed by atoms with Gasteiger partial charge in [-0.15, -0.1) is 0 Å². The number of likely N-dealkylation sites (N-methyl/N-ethyl adjacent to an activating group) is 1. The van der Waals surface area contributed by atoms with Crippen LogP contribution in [0, 0.1) is 5.92 Å². The van der Waals surface area contributed by atoms with Gasteiger partial charge in [-0.1, -0.05) is 83.0 Å². The van der Waals surface area contributed by atoms with Crippen LogP contribution in [-0.2, 0) is 14.4 Å². The maximum absolute atomic E-state index is 11.9. The third-order valence-corrected chi connectivity index (χ3v) is 5.82. The van der Waals surface area contributed by atoms with Crippen molar-refractivity contribution in [3.8, 4) is 0 Å². The Labute approximate surface area is 250 Å². The van der Waals surface area contributed by atoms with E-state index in [2.05, 4.69) is 43.2 Å². The van der Waals surface area contributed by atoms with Gasteiger partial charge in [-0.05, 0) is 52.6 Å². The fourth-order valence-corrected chi connectivity index (χ4v) is 3.63. The molecule has 4 N–H and O–H groups in total. The van der Waals surface area contributed by atoms with E-state index < -0.39 is 0 Å². The van der Waals surface area contributed by atoms with E-state index in [1.165, 1.54) is 43.7 Å². The predicted molar refractivity (Wildman–Crippen MR) is 170 cm³/mol. The average molecular weight is 581 g/mol. The van der Waals surface area contributed by atoms with Crippen LogP contribution >= 0.6 is 0 Å². The lowest BCUT2D eigenvalue weighted by Gasteiger charge is -2.29. The van der Waals surface area contributed by atoms with Gasteiger partial charge in [-0.2, -0.15) is 0 Å². The van der Waals surface area contributed by atoms with Crippen molar-refractivity contribution >= 4 is 18.2 Å². The third-order valence-electron chi connectivity index (χ3n) is 5.82. The van der Waals surface area contributed by atoms with Crippen molar-refractivity contribution in [3.05, 3.63) is 48.0 Å². The number of nitrogens with zero attached hydrogens (tertiary/aromatic N) is 2. The number of piperidine rings is 1. The number of hydrogen-bond donors (Lipinski definition) is 4. The van der Waals surface area contributed by atoms with E-state index in [4.69, 9.17) is 10.2 Å². The molecule has 0 aromatic heterocycles. The van der Waals surface area contributed by atoms with E-state index >= 15 is 0 Å². The van der Waals surface area contributed by atoms with E-state index in [-0.39, 0.29) is 43.5 Å². The molecule has 0 unspecified atom stereocenters. The van der Waals surface area contributed by atoms with Crippen LogP contribution in [0.25, 0.3) is 0 Å². The standard InChI is InChI=1S/C14H25N3O4.C8H17N.C6H6.C3H8.CH4O/c1-10(2)12(17(4)13(20)8-15-9-19)7-11(3)14(21)16-5-6-18;1-8(2)9-6-4-3-5-7-9;1-2-4-6-5-3-1;1-3-2;1-2/h7,9-10,12,18H,5-6,8H2,1-4H3,(H,15,19)(H,16,21);8H,3-7H2,1-2H3;1-6H;3H2,1-2H3;2H,1H3/b11-7+;;;;/t12-;;;;/m1..../s1. The van der Waals surface area contributed by atoms with Gasteiger partial charge in [0.2, 0.25) is 18.2 Å². The highest BCUT2D eigenvalue weighted by molar-refractivity contribution is 5.93. The topological polar surface area (TPSA) is 122 Å². The molecule has 1 atom stereocenters. The Morgan fingerprint density at radius 2 is 1.41 bits per heavy atom. The molecule has 0 bridgehead atoms. The van der Waals surface area contributed by atoms with Crippen molar-refractivity contribution in [2.24, 2.45) is 5.92 Å². The molecule has 1 fully saturated rings. The molecule has 1 aliphatic heterocycles. The highest BCUT2D eigenvalue weighted by atomic mass is 16.3. The van der Waals surface area contributed by atoms with Gasteiger partial charge in [0.05, 0.1) is 19.2 Å². The van der Waals surface area contributed by atoms with Crippen LogP contribution in [0.15, 0.2) is 48.0 Å². The summed E-state index contributed by atoms with van der Waals surface area (Å²) in [4.78, 5) is 38.0. The molecule has 41 heavy (non-hydrogen) atoms. The number of carbonyl (C=O) groups excluding carboxylic acids is 3. The average Bonchev–Trinajstić information content (AvgIpc) is 3.00. The van der Waals surface area contributed by atoms with Gasteiger partial charge in [-0.25, -0.2) is 0 Å². The molecule has 1 saturated heterocycles. The Balaban J connectivity index is -0.000000582. The molecule has 1 aliphatic rings. The molecule has 1 heterocycles. The summed E-state index contributed by atoms with van der Waals surface area (Å²) in [6.07, 6.45) is 7.72. The molecular weight excluding hydrogens is 520 g/mol. The summed E-state index contributed by atoms with van der Waals surface area (Å²) in [5.74, 6) is -0.405. The lowest BCUT2D eigenvalue weighted by Crippen LogP contribution is -2.43. The molecule has 9 heteroatoms. The number of likely N-dealkylation sites (tertiary alicyclic amines) is 1. The number of hydrogen-bond acceptors (Lipinski definition) is 6. The minimum Gasteiger partial charge on any atom is -0.400 e. The number of benzene rings is 1. The monoisotopic (exact) mass is 580 g/mol. The van der Waals surface area contributed by atoms with E-state index in [1.54, 1.807) is 20.0 Å². The third kappa shape index (κ3) is 24.7. The number of aliphatic hydroxyl groups is 2. The number of amides is 3. The summed E-state index contributed by atoms with van der Waals surface area (Å²) in [6.45, 7) is 17.0. The zero-order valence-corrected chi connectivity index (χ0v) is 27.2. The predicted octanol–water partition coefficient (Wildman–Crippen LogP) is 3.86. The first kappa shape index (κ1) is 42.7. The quantitative estimate of drug-likeness (QED) is 0.246. The SMILES string of the molecule is C/C(=C\[C@H](C(C)C)N(C)C(=O)CNC=O)C(=O)NCCO.CC(C)N1CCCCC1.CCC.CO.c1ccccc1. The molecule has 9 nitrogen and oxygen atoms in total. The fourth-order valence-electron chi connectivity index (χ4n) is 3.63. The maximum Gasteiger partial charge on any atom is 0.246 e. The van der Waals surface area contributed by atoms with Crippen LogP contribution in [0.4, 0.5) is 0 Å². The maximum atomic E-state index is 11.9. The zero-order valence-electron chi connectivity index (χ0n) is 27.2. The van der Waals surface area contributed by atoms with Crippen LogP contribution in [0.5, 0.6) is 0 Å². The van der Waals surface area contributed by atoms with Gasteiger partial charge >= 0.3 is 0 Å². The Bertz CT molecular complexity index is 740.